The number of nitrogens with one attached hydrogen (secondary N) is 1. The first-order chi connectivity index (χ1) is 13.8. The van der Waals surface area contributed by atoms with Crippen LogP contribution in [0, 0.1) is 5.92 Å². The van der Waals surface area contributed by atoms with E-state index in [1.807, 2.05) is 47.4 Å². The Labute approximate surface area is 172 Å². The molecule has 29 heavy (non-hydrogen) atoms. The Bertz CT molecular complexity index is 924. The van der Waals surface area contributed by atoms with Gasteiger partial charge in [-0.25, -0.2) is 0 Å². The summed E-state index contributed by atoms with van der Waals surface area (Å²) >= 11 is 0. The lowest BCUT2D eigenvalue weighted by atomic mass is 9.87. The number of rotatable bonds is 5. The van der Waals surface area contributed by atoms with Gasteiger partial charge in [-0.2, -0.15) is 0 Å². The van der Waals surface area contributed by atoms with Crippen molar-refractivity contribution in [2.45, 2.75) is 45.4 Å². The molecule has 0 atom stereocenters. The van der Waals surface area contributed by atoms with Crippen LogP contribution < -0.4 is 15.0 Å². The van der Waals surface area contributed by atoms with Gasteiger partial charge >= 0.3 is 0 Å². The standard InChI is InChI=1S/C24H28N2O3/c1-24(2,3)18-7-10-20(11-8-18)29-15-22(27)25-19-9-6-16-12-13-26(21(16)14-19)23(28)17-4-5-17/h6-11,14,17H,4-5,12-13,15H2,1-3H3,(H,25,27). The van der Waals surface area contributed by atoms with Crippen molar-refractivity contribution >= 4 is 23.2 Å². The Morgan fingerprint density at radius 1 is 1.10 bits per heavy atom. The number of amides is 2. The smallest absolute Gasteiger partial charge is 0.262 e. The Morgan fingerprint density at radius 2 is 1.83 bits per heavy atom. The molecule has 1 aliphatic heterocycles. The van der Waals surface area contributed by atoms with E-state index >= 15 is 0 Å². The molecule has 2 aromatic rings. The molecule has 152 valence electrons. The van der Waals surface area contributed by atoms with Crippen LogP contribution in [0.15, 0.2) is 42.5 Å². The van der Waals surface area contributed by atoms with Crippen LogP contribution in [0.3, 0.4) is 0 Å². The number of nitrogens with zero attached hydrogens (tertiary/aromatic N) is 1. The third-order valence-corrected chi connectivity index (χ3v) is 5.55. The third-order valence-electron chi connectivity index (χ3n) is 5.55. The van der Waals surface area contributed by atoms with E-state index in [0.29, 0.717) is 11.4 Å². The van der Waals surface area contributed by atoms with E-state index in [0.717, 1.165) is 37.1 Å². The van der Waals surface area contributed by atoms with Crippen molar-refractivity contribution in [2.75, 3.05) is 23.4 Å². The number of anilines is 2. The molecule has 4 rings (SSSR count). The summed E-state index contributed by atoms with van der Waals surface area (Å²) in [5, 5.41) is 2.88. The lowest BCUT2D eigenvalue weighted by molar-refractivity contribution is -0.119. The maximum atomic E-state index is 12.5. The highest BCUT2D eigenvalue weighted by atomic mass is 16.5. The van der Waals surface area contributed by atoms with Crippen LogP contribution in [0.2, 0.25) is 0 Å². The molecule has 0 unspecified atom stereocenters. The number of hydrogen-bond acceptors (Lipinski definition) is 3. The number of hydrogen-bond donors (Lipinski definition) is 1. The molecule has 2 aliphatic rings. The highest BCUT2D eigenvalue weighted by Crippen LogP contribution is 2.37. The van der Waals surface area contributed by atoms with Crippen molar-refractivity contribution in [1.29, 1.82) is 0 Å². The number of ether oxygens (including phenoxy) is 1. The van der Waals surface area contributed by atoms with E-state index in [1.54, 1.807) is 0 Å². The highest BCUT2D eigenvalue weighted by molar-refractivity contribution is 5.99. The highest BCUT2D eigenvalue weighted by Gasteiger charge is 2.36. The van der Waals surface area contributed by atoms with E-state index in [2.05, 4.69) is 26.1 Å². The SMILES string of the molecule is CC(C)(C)c1ccc(OCC(=O)Nc2ccc3c(c2)N(C(=O)C2CC2)CC3)cc1. The van der Waals surface area contributed by atoms with Gasteiger partial charge in [0.2, 0.25) is 5.91 Å². The van der Waals surface area contributed by atoms with Crippen LogP contribution in [0.1, 0.15) is 44.7 Å². The summed E-state index contributed by atoms with van der Waals surface area (Å²) in [4.78, 5) is 26.7. The molecule has 1 saturated carbocycles. The molecule has 2 aromatic carbocycles. The molecule has 0 bridgehead atoms. The lowest BCUT2D eigenvalue weighted by Gasteiger charge is -2.19. The third kappa shape index (κ3) is 4.44. The summed E-state index contributed by atoms with van der Waals surface area (Å²) < 4.78 is 5.62. The van der Waals surface area contributed by atoms with E-state index in [-0.39, 0.29) is 29.8 Å². The van der Waals surface area contributed by atoms with Gasteiger partial charge in [-0.1, -0.05) is 39.0 Å². The first-order valence-electron chi connectivity index (χ1n) is 10.3. The molecule has 0 saturated heterocycles. The second-order valence-corrected chi connectivity index (χ2v) is 8.97. The van der Waals surface area contributed by atoms with Crippen molar-refractivity contribution in [3.63, 3.8) is 0 Å². The monoisotopic (exact) mass is 392 g/mol. The quantitative estimate of drug-likeness (QED) is 0.825. The summed E-state index contributed by atoms with van der Waals surface area (Å²) in [5.74, 6) is 0.859. The second kappa shape index (κ2) is 7.54. The van der Waals surface area contributed by atoms with Crippen molar-refractivity contribution in [3.8, 4) is 5.75 Å². The Hall–Kier alpha value is -2.82. The minimum absolute atomic E-state index is 0.0589. The normalized spacial score (nSPS) is 15.8. The predicted molar refractivity (Wildman–Crippen MR) is 114 cm³/mol. The maximum absolute atomic E-state index is 12.5. The summed E-state index contributed by atoms with van der Waals surface area (Å²) in [7, 11) is 0. The molecule has 1 N–H and O–H groups in total. The zero-order valence-electron chi connectivity index (χ0n) is 17.3. The first-order valence-corrected chi connectivity index (χ1v) is 10.3. The van der Waals surface area contributed by atoms with E-state index in [1.165, 1.54) is 5.56 Å². The van der Waals surface area contributed by atoms with Crippen molar-refractivity contribution in [3.05, 3.63) is 53.6 Å². The Morgan fingerprint density at radius 3 is 2.48 bits per heavy atom. The number of benzene rings is 2. The van der Waals surface area contributed by atoms with E-state index in [9.17, 15) is 9.59 Å². The maximum Gasteiger partial charge on any atom is 0.262 e. The number of fused-ring (bicyclic) bond motifs is 1. The van der Waals surface area contributed by atoms with Gasteiger partial charge in [0.1, 0.15) is 5.75 Å². The Kier molecular flexibility index (Phi) is 5.07. The van der Waals surface area contributed by atoms with Gasteiger partial charge in [0, 0.05) is 23.8 Å². The van der Waals surface area contributed by atoms with Crippen LogP contribution in [0.5, 0.6) is 5.75 Å². The molecule has 0 aromatic heterocycles. The average Bonchev–Trinajstić information content (AvgIpc) is 3.45. The molecular weight excluding hydrogens is 364 g/mol. The zero-order chi connectivity index (χ0) is 20.6. The fourth-order valence-electron chi connectivity index (χ4n) is 3.63. The number of carbonyl (C=O) groups is 2. The molecule has 1 aliphatic carbocycles. The molecule has 5 nitrogen and oxygen atoms in total. The number of carbonyl (C=O) groups excluding carboxylic acids is 2. The first kappa shape index (κ1) is 19.5. The molecular formula is C24H28N2O3. The van der Waals surface area contributed by atoms with Gasteiger partial charge in [0.25, 0.3) is 5.91 Å². The second-order valence-electron chi connectivity index (χ2n) is 8.97. The summed E-state index contributed by atoms with van der Waals surface area (Å²) in [5.41, 5.74) is 4.08. The van der Waals surface area contributed by atoms with Gasteiger partial charge in [-0.15, -0.1) is 0 Å². The van der Waals surface area contributed by atoms with Crippen LogP contribution in [0.25, 0.3) is 0 Å². The van der Waals surface area contributed by atoms with Crippen molar-refractivity contribution in [1.82, 2.24) is 0 Å². The van der Waals surface area contributed by atoms with Gasteiger partial charge in [-0.05, 0) is 60.1 Å². The van der Waals surface area contributed by atoms with E-state index < -0.39 is 0 Å². The zero-order valence-corrected chi connectivity index (χ0v) is 17.3. The fourth-order valence-corrected chi connectivity index (χ4v) is 3.63. The largest absolute Gasteiger partial charge is 0.484 e. The topological polar surface area (TPSA) is 58.6 Å². The van der Waals surface area contributed by atoms with Gasteiger partial charge in [0.05, 0.1) is 0 Å². The minimum atomic E-state index is -0.220. The van der Waals surface area contributed by atoms with Crippen molar-refractivity contribution in [2.24, 2.45) is 5.92 Å². The minimum Gasteiger partial charge on any atom is -0.484 e. The summed E-state index contributed by atoms with van der Waals surface area (Å²) in [6.45, 7) is 7.15. The van der Waals surface area contributed by atoms with Crippen LogP contribution >= 0.6 is 0 Å². The molecule has 0 radical (unpaired) electrons. The van der Waals surface area contributed by atoms with Crippen molar-refractivity contribution < 1.29 is 14.3 Å². The molecule has 1 heterocycles. The summed E-state index contributed by atoms with van der Waals surface area (Å²) in [6, 6.07) is 13.6. The van der Waals surface area contributed by atoms with Crippen LogP contribution in [-0.2, 0) is 21.4 Å². The fraction of sp³-hybridized carbons (Fsp3) is 0.417. The van der Waals surface area contributed by atoms with Gasteiger partial charge in [-0.3, -0.25) is 9.59 Å². The molecule has 0 spiro atoms. The van der Waals surface area contributed by atoms with Gasteiger partial charge < -0.3 is 15.0 Å². The molecule has 5 heteroatoms. The predicted octanol–water partition coefficient (Wildman–Crippen LogP) is 4.30. The average molecular weight is 392 g/mol. The molecule has 2 amide bonds. The molecule has 1 fully saturated rings. The lowest BCUT2D eigenvalue weighted by Crippen LogP contribution is -2.30. The van der Waals surface area contributed by atoms with E-state index in [4.69, 9.17) is 4.74 Å². The van der Waals surface area contributed by atoms with Gasteiger partial charge in [0.15, 0.2) is 6.61 Å². The Balaban J connectivity index is 1.35. The van der Waals surface area contributed by atoms with Crippen LogP contribution in [-0.4, -0.2) is 25.0 Å². The summed E-state index contributed by atoms with van der Waals surface area (Å²) in [6.07, 6.45) is 2.86. The van der Waals surface area contributed by atoms with Crippen LogP contribution in [0.4, 0.5) is 11.4 Å².